The lowest BCUT2D eigenvalue weighted by molar-refractivity contribution is 0.476. The van der Waals surface area contributed by atoms with Crippen molar-refractivity contribution in [3.05, 3.63) is 12.8 Å². The highest BCUT2D eigenvalue weighted by atomic mass is 31.1. The Morgan fingerprint density at radius 2 is 1.22 bits per heavy atom. The Morgan fingerprint density at radius 1 is 1.22 bits per heavy atom. The molecule has 0 aromatic rings. The summed E-state index contributed by atoms with van der Waals surface area (Å²) >= 11 is 0. The summed E-state index contributed by atoms with van der Waals surface area (Å²) in [5, 5.41) is 7.33. The summed E-state index contributed by atoms with van der Waals surface area (Å²) < 4.78 is 16.9. The Kier molecular flexibility index (Phi) is 84.6. The molecule has 0 aromatic carbocycles. The van der Waals surface area contributed by atoms with Crippen LogP contribution in [0.1, 0.15) is 0 Å². The standard InChI is InChI=1S/C2H4O.2HO2P/c1-2-3;2*1-3-2/h2-3H,1H2;2*(H,1,2). The molecular formula is C2H6O5P2. The van der Waals surface area contributed by atoms with Crippen molar-refractivity contribution in [3.8, 4) is 0 Å². The molecule has 9 heavy (non-hydrogen) atoms. The summed E-state index contributed by atoms with van der Waals surface area (Å²) in [6.45, 7) is 2.92. The van der Waals surface area contributed by atoms with Crippen LogP contribution < -0.4 is 0 Å². The number of aliphatic hydroxyl groups is 1. The van der Waals surface area contributed by atoms with Crippen LogP contribution in [0.15, 0.2) is 12.8 Å². The molecule has 0 saturated heterocycles. The van der Waals surface area contributed by atoms with E-state index in [0.717, 1.165) is 6.26 Å². The summed E-state index contributed by atoms with van der Waals surface area (Å²) in [4.78, 5) is 14.0. The highest BCUT2D eigenvalue weighted by Gasteiger charge is 1.28. The van der Waals surface area contributed by atoms with Crippen molar-refractivity contribution in [2.24, 2.45) is 0 Å². The minimum Gasteiger partial charge on any atom is -0.516 e. The summed E-state index contributed by atoms with van der Waals surface area (Å²) in [7, 11) is -1.67. The molecule has 0 aromatic heterocycles. The maximum atomic E-state index is 8.46. The van der Waals surface area contributed by atoms with Gasteiger partial charge in [0, 0.05) is 0 Å². The normalized spacial score (nSPS) is 6.00. The number of hydrogen-bond donors (Lipinski definition) is 3. The molecule has 0 saturated carbocycles. The zero-order valence-electron chi connectivity index (χ0n) is 4.34. The minimum atomic E-state index is -0.833. The summed E-state index contributed by atoms with van der Waals surface area (Å²) in [5.41, 5.74) is 0. The van der Waals surface area contributed by atoms with Gasteiger partial charge in [-0.2, -0.15) is 0 Å². The molecular weight excluding hydrogens is 166 g/mol. The van der Waals surface area contributed by atoms with Crippen LogP contribution in [0.3, 0.4) is 0 Å². The third-order valence-electron chi connectivity index (χ3n) is 0. The first kappa shape index (κ1) is 15.9. The predicted octanol–water partition coefficient (Wildman–Crippen LogP) is 1.06. The first-order chi connectivity index (χ1) is 4.24. The molecule has 0 unspecified atom stereocenters. The van der Waals surface area contributed by atoms with E-state index in [4.69, 9.17) is 24.0 Å². The number of aliphatic hydroxyl groups excluding tert-OH is 1. The fraction of sp³-hybridized carbons (Fsp3) is 0. The van der Waals surface area contributed by atoms with Crippen LogP contribution in [0.2, 0.25) is 0 Å². The van der Waals surface area contributed by atoms with Gasteiger partial charge in [0.25, 0.3) is 0 Å². The molecule has 0 amide bonds. The minimum absolute atomic E-state index is 0.750. The molecule has 5 nitrogen and oxygen atoms in total. The van der Waals surface area contributed by atoms with E-state index >= 15 is 0 Å². The molecule has 7 heteroatoms. The van der Waals surface area contributed by atoms with E-state index in [9.17, 15) is 0 Å². The number of rotatable bonds is 0. The Bertz CT molecular complexity index is 49.7. The Balaban J connectivity index is -0.0000000600. The molecule has 54 valence electrons. The second-order valence-electron chi connectivity index (χ2n) is 0.346. The maximum absolute atomic E-state index is 8.46. The van der Waals surface area contributed by atoms with Crippen LogP contribution in [-0.2, 0) is 9.13 Å². The van der Waals surface area contributed by atoms with Crippen molar-refractivity contribution in [1.82, 2.24) is 0 Å². The van der Waals surface area contributed by atoms with Gasteiger partial charge in [0.2, 0.25) is 0 Å². The van der Waals surface area contributed by atoms with Crippen molar-refractivity contribution in [2.75, 3.05) is 0 Å². The Morgan fingerprint density at radius 3 is 1.22 bits per heavy atom. The topological polar surface area (TPSA) is 94.8 Å². The van der Waals surface area contributed by atoms with E-state index in [1.165, 1.54) is 0 Å². The van der Waals surface area contributed by atoms with Gasteiger partial charge in [0.05, 0.1) is 6.26 Å². The molecule has 0 bridgehead atoms. The lowest BCUT2D eigenvalue weighted by Gasteiger charge is -1.41. The average molecular weight is 172 g/mol. The van der Waals surface area contributed by atoms with Crippen LogP contribution in [0.25, 0.3) is 0 Å². The van der Waals surface area contributed by atoms with Crippen molar-refractivity contribution < 1.29 is 24.0 Å². The predicted molar refractivity (Wildman–Crippen MR) is 32.5 cm³/mol. The van der Waals surface area contributed by atoms with Crippen LogP contribution in [-0.4, -0.2) is 14.9 Å². The fourth-order valence-corrected chi connectivity index (χ4v) is 0. The van der Waals surface area contributed by atoms with E-state index in [-0.39, 0.29) is 0 Å². The van der Waals surface area contributed by atoms with Crippen molar-refractivity contribution in [2.45, 2.75) is 0 Å². The fourth-order valence-electron chi connectivity index (χ4n) is 0. The molecule has 0 heterocycles. The maximum Gasteiger partial charge on any atom is 0.324 e. The Labute approximate surface area is 55.2 Å². The van der Waals surface area contributed by atoms with E-state index in [1.807, 2.05) is 0 Å². The highest BCUT2D eigenvalue weighted by molar-refractivity contribution is 7.16. The number of hydrogen-bond acceptors (Lipinski definition) is 3. The van der Waals surface area contributed by atoms with Gasteiger partial charge in [-0.3, -0.25) is 0 Å². The van der Waals surface area contributed by atoms with Crippen LogP contribution in [0.4, 0.5) is 0 Å². The van der Waals surface area contributed by atoms with Gasteiger partial charge < -0.3 is 14.9 Å². The van der Waals surface area contributed by atoms with Gasteiger partial charge >= 0.3 is 17.4 Å². The summed E-state index contributed by atoms with van der Waals surface area (Å²) in [6.07, 6.45) is 0.750. The molecule has 0 aliphatic heterocycles. The summed E-state index contributed by atoms with van der Waals surface area (Å²) in [5.74, 6) is 0. The Hall–Kier alpha value is -0.340. The van der Waals surface area contributed by atoms with Crippen LogP contribution in [0.5, 0.6) is 0 Å². The smallest absolute Gasteiger partial charge is 0.324 e. The molecule has 0 radical (unpaired) electrons. The van der Waals surface area contributed by atoms with E-state index in [0.29, 0.717) is 0 Å². The first-order valence-electron chi connectivity index (χ1n) is 1.43. The second-order valence-corrected chi connectivity index (χ2v) is 0.672. The van der Waals surface area contributed by atoms with Gasteiger partial charge in [-0.1, -0.05) is 6.58 Å². The van der Waals surface area contributed by atoms with Crippen molar-refractivity contribution in [1.29, 1.82) is 0 Å². The molecule has 0 aliphatic carbocycles. The second kappa shape index (κ2) is 48.0. The quantitative estimate of drug-likeness (QED) is 0.375. The zero-order chi connectivity index (χ0) is 8.12. The molecule has 0 fully saturated rings. The van der Waals surface area contributed by atoms with Crippen molar-refractivity contribution in [3.63, 3.8) is 0 Å². The molecule has 0 atom stereocenters. The lowest BCUT2D eigenvalue weighted by atomic mass is 11.2. The SMILES string of the molecule is C=CO.O=PO.O=PO. The average Bonchev–Trinajstić information content (AvgIpc) is 1.70. The monoisotopic (exact) mass is 172 g/mol. The van der Waals surface area contributed by atoms with E-state index < -0.39 is 17.4 Å². The van der Waals surface area contributed by atoms with Gasteiger partial charge in [-0.25, -0.2) is 9.13 Å². The van der Waals surface area contributed by atoms with Gasteiger partial charge in [-0.05, 0) is 0 Å². The van der Waals surface area contributed by atoms with E-state index in [2.05, 4.69) is 6.58 Å². The largest absolute Gasteiger partial charge is 0.516 e. The van der Waals surface area contributed by atoms with Crippen LogP contribution in [0, 0.1) is 0 Å². The van der Waals surface area contributed by atoms with Crippen molar-refractivity contribution >= 4 is 17.4 Å². The molecule has 0 aliphatic rings. The first-order valence-corrected chi connectivity index (χ1v) is 2.96. The van der Waals surface area contributed by atoms with Gasteiger partial charge in [0.15, 0.2) is 0 Å². The van der Waals surface area contributed by atoms with Crippen LogP contribution >= 0.6 is 17.4 Å². The third kappa shape index (κ3) is 2120. The van der Waals surface area contributed by atoms with Gasteiger partial charge in [0.1, 0.15) is 0 Å². The molecule has 3 N–H and O–H groups in total. The van der Waals surface area contributed by atoms with E-state index in [1.54, 1.807) is 0 Å². The highest BCUT2D eigenvalue weighted by Crippen LogP contribution is 1.66. The summed E-state index contributed by atoms with van der Waals surface area (Å²) in [6, 6.07) is 0. The zero-order valence-corrected chi connectivity index (χ0v) is 6.13. The third-order valence-corrected chi connectivity index (χ3v) is 0. The lowest BCUT2D eigenvalue weighted by Crippen LogP contribution is -1.25. The molecule has 0 spiro atoms. The van der Waals surface area contributed by atoms with Gasteiger partial charge in [-0.15, -0.1) is 0 Å². The molecule has 0 rings (SSSR count).